The van der Waals surface area contributed by atoms with Crippen LogP contribution in [0.25, 0.3) is 0 Å². The van der Waals surface area contributed by atoms with Crippen molar-refractivity contribution in [3.05, 3.63) is 24.0 Å². The molecule has 0 saturated carbocycles. The van der Waals surface area contributed by atoms with Gasteiger partial charge in [0.25, 0.3) is 0 Å². The standard InChI is InChI=1S/C14H23NO3/c1-3-7-18-13-9-12(10-15-11-13)14(16)6-5-8-17-4-2/h9-11,14,16H,3-8H2,1-2H3. The van der Waals surface area contributed by atoms with Crippen LogP contribution in [0.4, 0.5) is 0 Å². The average molecular weight is 253 g/mol. The maximum absolute atomic E-state index is 10.0. The predicted molar refractivity (Wildman–Crippen MR) is 70.7 cm³/mol. The van der Waals surface area contributed by atoms with Crippen molar-refractivity contribution >= 4 is 0 Å². The highest BCUT2D eigenvalue weighted by Crippen LogP contribution is 2.21. The molecule has 0 saturated heterocycles. The van der Waals surface area contributed by atoms with E-state index in [2.05, 4.69) is 11.9 Å². The first-order valence-electron chi connectivity index (χ1n) is 6.61. The molecule has 0 radical (unpaired) electrons. The third-order valence-electron chi connectivity index (χ3n) is 2.56. The normalized spacial score (nSPS) is 12.4. The number of hydrogen-bond donors (Lipinski definition) is 1. The maximum atomic E-state index is 10.0. The summed E-state index contributed by atoms with van der Waals surface area (Å²) >= 11 is 0. The van der Waals surface area contributed by atoms with E-state index in [-0.39, 0.29) is 0 Å². The number of aromatic nitrogens is 1. The maximum Gasteiger partial charge on any atom is 0.137 e. The van der Waals surface area contributed by atoms with Gasteiger partial charge in [-0.15, -0.1) is 0 Å². The zero-order chi connectivity index (χ0) is 13.2. The topological polar surface area (TPSA) is 51.6 Å². The molecule has 0 fully saturated rings. The second kappa shape index (κ2) is 8.89. The number of aliphatic hydroxyl groups is 1. The SMILES string of the molecule is CCCOc1cncc(C(O)CCCOCC)c1. The fraction of sp³-hybridized carbons (Fsp3) is 0.643. The number of pyridine rings is 1. The van der Waals surface area contributed by atoms with Crippen molar-refractivity contribution in [2.24, 2.45) is 0 Å². The lowest BCUT2D eigenvalue weighted by Crippen LogP contribution is -2.03. The first kappa shape index (κ1) is 14.9. The summed E-state index contributed by atoms with van der Waals surface area (Å²) in [5, 5.41) is 10.0. The van der Waals surface area contributed by atoms with Gasteiger partial charge in [0.2, 0.25) is 0 Å². The van der Waals surface area contributed by atoms with Crippen molar-refractivity contribution in [3.63, 3.8) is 0 Å². The Kier molecular flexibility index (Phi) is 7.37. The molecule has 1 aromatic heterocycles. The Morgan fingerprint density at radius 1 is 1.28 bits per heavy atom. The van der Waals surface area contributed by atoms with Crippen LogP contribution in [0.1, 0.15) is 44.8 Å². The molecule has 4 nitrogen and oxygen atoms in total. The van der Waals surface area contributed by atoms with Crippen LogP contribution in [-0.4, -0.2) is 29.9 Å². The molecule has 102 valence electrons. The number of nitrogens with zero attached hydrogens (tertiary/aromatic N) is 1. The van der Waals surface area contributed by atoms with E-state index in [4.69, 9.17) is 9.47 Å². The van der Waals surface area contributed by atoms with Gasteiger partial charge in [-0.3, -0.25) is 4.98 Å². The monoisotopic (exact) mass is 253 g/mol. The van der Waals surface area contributed by atoms with Crippen LogP contribution in [-0.2, 0) is 4.74 Å². The summed E-state index contributed by atoms with van der Waals surface area (Å²) in [7, 11) is 0. The zero-order valence-electron chi connectivity index (χ0n) is 11.3. The summed E-state index contributed by atoms with van der Waals surface area (Å²) in [5.74, 6) is 0.721. The van der Waals surface area contributed by atoms with Gasteiger partial charge in [-0.1, -0.05) is 6.92 Å². The van der Waals surface area contributed by atoms with E-state index in [0.29, 0.717) is 19.6 Å². The summed E-state index contributed by atoms with van der Waals surface area (Å²) < 4.78 is 10.7. The molecule has 18 heavy (non-hydrogen) atoms. The number of aliphatic hydroxyl groups excluding tert-OH is 1. The molecule has 1 heterocycles. The fourth-order valence-electron chi connectivity index (χ4n) is 1.61. The molecule has 1 N–H and O–H groups in total. The largest absolute Gasteiger partial charge is 0.492 e. The van der Waals surface area contributed by atoms with Crippen molar-refractivity contribution in [2.75, 3.05) is 19.8 Å². The Balaban J connectivity index is 2.43. The molecule has 0 amide bonds. The van der Waals surface area contributed by atoms with Crippen LogP contribution >= 0.6 is 0 Å². The van der Waals surface area contributed by atoms with Crippen molar-refractivity contribution in [1.82, 2.24) is 4.98 Å². The van der Waals surface area contributed by atoms with Crippen LogP contribution in [0, 0.1) is 0 Å². The number of rotatable bonds is 9. The molecular formula is C14H23NO3. The van der Waals surface area contributed by atoms with E-state index in [1.807, 2.05) is 13.0 Å². The van der Waals surface area contributed by atoms with E-state index in [1.165, 1.54) is 0 Å². The summed E-state index contributed by atoms with van der Waals surface area (Å²) in [6.07, 6.45) is 5.34. The molecule has 0 spiro atoms. The van der Waals surface area contributed by atoms with Gasteiger partial charge in [0, 0.05) is 25.0 Å². The van der Waals surface area contributed by atoms with E-state index in [0.717, 1.165) is 30.8 Å². The van der Waals surface area contributed by atoms with E-state index in [9.17, 15) is 5.11 Å². The van der Waals surface area contributed by atoms with Crippen LogP contribution in [0.3, 0.4) is 0 Å². The van der Waals surface area contributed by atoms with E-state index >= 15 is 0 Å². The van der Waals surface area contributed by atoms with Gasteiger partial charge in [-0.05, 0) is 32.3 Å². The minimum atomic E-state index is -0.497. The Morgan fingerprint density at radius 2 is 2.11 bits per heavy atom. The molecule has 0 bridgehead atoms. The van der Waals surface area contributed by atoms with Gasteiger partial charge in [-0.2, -0.15) is 0 Å². The highest BCUT2D eigenvalue weighted by atomic mass is 16.5. The molecule has 1 atom stereocenters. The predicted octanol–water partition coefficient (Wildman–Crippen LogP) is 2.72. The highest BCUT2D eigenvalue weighted by Gasteiger charge is 2.08. The van der Waals surface area contributed by atoms with Crippen molar-refractivity contribution in [3.8, 4) is 5.75 Å². The van der Waals surface area contributed by atoms with Crippen LogP contribution in [0.2, 0.25) is 0 Å². The van der Waals surface area contributed by atoms with Crippen LogP contribution in [0.15, 0.2) is 18.5 Å². The first-order valence-corrected chi connectivity index (χ1v) is 6.61. The van der Waals surface area contributed by atoms with Gasteiger partial charge in [0.1, 0.15) is 5.75 Å². The number of ether oxygens (including phenoxy) is 2. The zero-order valence-corrected chi connectivity index (χ0v) is 11.3. The first-order chi connectivity index (χ1) is 8.77. The second-order valence-electron chi connectivity index (χ2n) is 4.16. The second-order valence-corrected chi connectivity index (χ2v) is 4.16. The minimum absolute atomic E-state index is 0.497. The van der Waals surface area contributed by atoms with Crippen LogP contribution < -0.4 is 4.74 Å². The molecule has 0 aliphatic heterocycles. The van der Waals surface area contributed by atoms with Crippen molar-refractivity contribution in [2.45, 2.75) is 39.2 Å². The fourth-order valence-corrected chi connectivity index (χ4v) is 1.61. The average Bonchev–Trinajstić information content (AvgIpc) is 2.41. The Morgan fingerprint density at radius 3 is 2.83 bits per heavy atom. The number of hydrogen-bond acceptors (Lipinski definition) is 4. The Bertz CT molecular complexity index is 331. The van der Waals surface area contributed by atoms with Gasteiger partial charge >= 0.3 is 0 Å². The van der Waals surface area contributed by atoms with Crippen LogP contribution in [0.5, 0.6) is 5.75 Å². The van der Waals surface area contributed by atoms with Gasteiger partial charge in [0.05, 0.1) is 18.9 Å². The lowest BCUT2D eigenvalue weighted by molar-refractivity contribution is 0.114. The quantitative estimate of drug-likeness (QED) is 0.687. The molecule has 0 aliphatic rings. The van der Waals surface area contributed by atoms with E-state index < -0.39 is 6.10 Å². The molecule has 0 aromatic carbocycles. The summed E-state index contributed by atoms with van der Waals surface area (Å²) in [6, 6.07) is 1.86. The molecule has 1 unspecified atom stereocenters. The highest BCUT2D eigenvalue weighted by molar-refractivity contribution is 5.25. The minimum Gasteiger partial charge on any atom is -0.492 e. The summed E-state index contributed by atoms with van der Waals surface area (Å²) in [6.45, 7) is 6.10. The van der Waals surface area contributed by atoms with Gasteiger partial charge in [-0.25, -0.2) is 0 Å². The third kappa shape index (κ3) is 5.47. The Labute approximate surface area is 109 Å². The molecular weight excluding hydrogens is 230 g/mol. The van der Waals surface area contributed by atoms with Gasteiger partial charge in [0.15, 0.2) is 0 Å². The molecule has 1 aromatic rings. The summed E-state index contributed by atoms with van der Waals surface area (Å²) in [4.78, 5) is 4.09. The van der Waals surface area contributed by atoms with Gasteiger partial charge < -0.3 is 14.6 Å². The molecule has 1 rings (SSSR count). The van der Waals surface area contributed by atoms with Crippen molar-refractivity contribution < 1.29 is 14.6 Å². The van der Waals surface area contributed by atoms with Crippen molar-refractivity contribution in [1.29, 1.82) is 0 Å². The summed E-state index contributed by atoms with van der Waals surface area (Å²) in [5.41, 5.74) is 0.806. The molecule has 0 aliphatic carbocycles. The molecule has 4 heteroatoms. The lowest BCUT2D eigenvalue weighted by atomic mass is 10.1. The van der Waals surface area contributed by atoms with E-state index in [1.54, 1.807) is 12.4 Å². The Hall–Kier alpha value is -1.13. The lowest BCUT2D eigenvalue weighted by Gasteiger charge is -2.12. The smallest absolute Gasteiger partial charge is 0.137 e. The third-order valence-corrected chi connectivity index (χ3v) is 2.56.